The monoisotopic (exact) mass is 518 g/mol. The van der Waals surface area contributed by atoms with Crippen LogP contribution in [0.3, 0.4) is 0 Å². The zero-order valence-corrected chi connectivity index (χ0v) is 22.5. The number of methoxy groups -OCH3 is 1. The predicted molar refractivity (Wildman–Crippen MR) is 146 cm³/mol. The average molecular weight is 519 g/mol. The van der Waals surface area contributed by atoms with Crippen LogP contribution in [0.1, 0.15) is 48.6 Å². The van der Waals surface area contributed by atoms with Crippen LogP contribution in [0.5, 0.6) is 5.75 Å². The van der Waals surface area contributed by atoms with Crippen LogP contribution < -0.4 is 10.1 Å². The third-order valence-corrected chi connectivity index (χ3v) is 7.12. The third-order valence-electron chi connectivity index (χ3n) is 7.12. The molecule has 2 aromatic carbocycles. The van der Waals surface area contributed by atoms with Gasteiger partial charge in [-0.05, 0) is 48.6 Å². The van der Waals surface area contributed by atoms with Crippen LogP contribution in [-0.2, 0) is 32.8 Å². The topological polar surface area (TPSA) is 96.6 Å². The van der Waals surface area contributed by atoms with E-state index in [1.165, 1.54) is 0 Å². The summed E-state index contributed by atoms with van der Waals surface area (Å²) in [6.07, 6.45) is 6.49. The second-order valence-corrected chi connectivity index (χ2v) is 9.95. The van der Waals surface area contributed by atoms with E-state index in [1.807, 2.05) is 41.3 Å². The van der Waals surface area contributed by atoms with Crippen molar-refractivity contribution in [2.24, 2.45) is 0 Å². The maximum atomic E-state index is 13.8. The van der Waals surface area contributed by atoms with Crippen LogP contribution in [0.4, 0.5) is 0 Å². The van der Waals surface area contributed by atoms with Crippen molar-refractivity contribution < 1.29 is 19.1 Å². The highest BCUT2D eigenvalue weighted by Crippen LogP contribution is 2.38. The fourth-order valence-corrected chi connectivity index (χ4v) is 4.92. The molecule has 2 N–H and O–H groups in total. The summed E-state index contributed by atoms with van der Waals surface area (Å²) >= 11 is 0. The van der Waals surface area contributed by atoms with Crippen LogP contribution in [-0.4, -0.2) is 59.5 Å². The molecule has 8 nitrogen and oxygen atoms in total. The Hall–Kier alpha value is -3.65. The van der Waals surface area contributed by atoms with Gasteiger partial charge in [0.25, 0.3) is 0 Å². The zero-order valence-electron chi connectivity index (χ0n) is 22.5. The molecule has 1 aliphatic heterocycles. The second kappa shape index (κ2) is 12.7. The average Bonchev–Trinajstić information content (AvgIpc) is 3.43. The van der Waals surface area contributed by atoms with Gasteiger partial charge in [0.05, 0.1) is 26.5 Å². The molecule has 0 saturated carbocycles. The predicted octanol–water partition coefficient (Wildman–Crippen LogP) is 3.94. The highest BCUT2D eigenvalue weighted by atomic mass is 16.5. The number of imidazole rings is 1. The molecule has 1 aromatic heterocycles. The Morgan fingerprint density at radius 1 is 1.16 bits per heavy atom. The molecule has 0 aliphatic carbocycles. The molecular formula is C30H38N4O4. The fourth-order valence-electron chi connectivity index (χ4n) is 4.92. The highest BCUT2D eigenvalue weighted by Gasteiger charge is 2.49. The van der Waals surface area contributed by atoms with Gasteiger partial charge in [-0.25, -0.2) is 4.98 Å². The minimum absolute atomic E-state index is 0.0981. The van der Waals surface area contributed by atoms with Gasteiger partial charge >= 0.3 is 0 Å². The molecule has 0 spiro atoms. The van der Waals surface area contributed by atoms with E-state index in [0.717, 1.165) is 41.0 Å². The SMILES string of the molecule is CCCCOC1(c2ccccc2C)CN(C(=O)[C@H](Cc2ccc(OC)cc2)NC(=O)CCc2cnc[nH]2)C1. The highest BCUT2D eigenvalue weighted by molar-refractivity contribution is 5.88. The number of amides is 2. The number of benzene rings is 2. The molecule has 202 valence electrons. The van der Waals surface area contributed by atoms with Crippen molar-refractivity contribution in [3.8, 4) is 5.75 Å². The number of hydrogen-bond donors (Lipinski definition) is 2. The maximum absolute atomic E-state index is 13.8. The lowest BCUT2D eigenvalue weighted by atomic mass is 9.82. The van der Waals surface area contributed by atoms with Gasteiger partial charge in [0.2, 0.25) is 11.8 Å². The molecule has 0 bridgehead atoms. The number of ether oxygens (including phenoxy) is 2. The number of aromatic nitrogens is 2. The third kappa shape index (κ3) is 6.61. The van der Waals surface area contributed by atoms with E-state index >= 15 is 0 Å². The lowest BCUT2D eigenvalue weighted by Crippen LogP contribution is -2.66. The number of nitrogens with zero attached hydrogens (tertiary/aromatic N) is 2. The number of rotatable bonds is 13. The van der Waals surface area contributed by atoms with Gasteiger partial charge in [-0.1, -0.05) is 49.7 Å². The van der Waals surface area contributed by atoms with E-state index in [9.17, 15) is 9.59 Å². The summed E-state index contributed by atoms with van der Waals surface area (Å²) in [4.78, 5) is 35.5. The number of hydrogen-bond acceptors (Lipinski definition) is 5. The number of carbonyl (C=O) groups excluding carboxylic acids is 2. The van der Waals surface area contributed by atoms with Crippen molar-refractivity contribution in [2.45, 2.75) is 57.6 Å². The van der Waals surface area contributed by atoms with Crippen LogP contribution >= 0.6 is 0 Å². The van der Waals surface area contributed by atoms with Gasteiger partial charge < -0.3 is 24.7 Å². The van der Waals surface area contributed by atoms with Crippen LogP contribution in [0.15, 0.2) is 61.1 Å². The van der Waals surface area contributed by atoms with Gasteiger partial charge in [0.1, 0.15) is 17.4 Å². The van der Waals surface area contributed by atoms with Crippen molar-refractivity contribution >= 4 is 11.8 Å². The van der Waals surface area contributed by atoms with E-state index in [4.69, 9.17) is 9.47 Å². The Morgan fingerprint density at radius 3 is 2.58 bits per heavy atom. The Kier molecular flexibility index (Phi) is 9.18. The number of nitrogens with one attached hydrogen (secondary N) is 2. The minimum atomic E-state index is -0.678. The van der Waals surface area contributed by atoms with Gasteiger partial charge in [-0.15, -0.1) is 0 Å². The number of carbonyl (C=O) groups is 2. The van der Waals surface area contributed by atoms with Crippen LogP contribution in [0.2, 0.25) is 0 Å². The Morgan fingerprint density at radius 2 is 1.92 bits per heavy atom. The lowest BCUT2D eigenvalue weighted by molar-refractivity contribution is -0.175. The van der Waals surface area contributed by atoms with E-state index in [-0.39, 0.29) is 18.2 Å². The van der Waals surface area contributed by atoms with E-state index < -0.39 is 11.6 Å². The molecule has 38 heavy (non-hydrogen) atoms. The van der Waals surface area contributed by atoms with Crippen molar-refractivity contribution in [2.75, 3.05) is 26.8 Å². The molecular weight excluding hydrogens is 480 g/mol. The molecule has 0 radical (unpaired) electrons. The van der Waals surface area contributed by atoms with Gasteiger partial charge in [0, 0.05) is 31.3 Å². The molecule has 1 saturated heterocycles. The number of unbranched alkanes of at least 4 members (excludes halogenated alkanes) is 1. The fraction of sp³-hybridized carbons (Fsp3) is 0.433. The first-order valence-corrected chi connectivity index (χ1v) is 13.3. The first kappa shape index (κ1) is 27.4. The largest absolute Gasteiger partial charge is 0.497 e. The van der Waals surface area contributed by atoms with Gasteiger partial charge in [-0.3, -0.25) is 9.59 Å². The zero-order chi connectivity index (χ0) is 27.0. The van der Waals surface area contributed by atoms with E-state index in [1.54, 1.807) is 19.6 Å². The minimum Gasteiger partial charge on any atom is -0.497 e. The van der Waals surface area contributed by atoms with Gasteiger partial charge in [-0.2, -0.15) is 0 Å². The van der Waals surface area contributed by atoms with Crippen molar-refractivity contribution in [3.05, 3.63) is 83.4 Å². The molecule has 1 aliphatic rings. The normalized spacial score (nSPS) is 15.0. The first-order valence-electron chi connectivity index (χ1n) is 13.3. The first-order chi connectivity index (χ1) is 18.4. The summed E-state index contributed by atoms with van der Waals surface area (Å²) in [5, 5.41) is 3.00. The second-order valence-electron chi connectivity index (χ2n) is 9.95. The Balaban J connectivity index is 1.48. The van der Waals surface area contributed by atoms with Crippen LogP contribution in [0, 0.1) is 6.92 Å². The van der Waals surface area contributed by atoms with Crippen molar-refractivity contribution in [1.82, 2.24) is 20.2 Å². The summed E-state index contributed by atoms with van der Waals surface area (Å²) in [6.45, 7) is 5.79. The lowest BCUT2D eigenvalue weighted by Gasteiger charge is -2.51. The summed E-state index contributed by atoms with van der Waals surface area (Å²) in [5.74, 6) is 0.477. The number of H-pyrrole nitrogens is 1. The number of aromatic amines is 1. The Labute approximate surface area is 224 Å². The molecule has 8 heteroatoms. The summed E-state index contributed by atoms with van der Waals surface area (Å²) in [5.41, 5.74) is 3.58. The van der Waals surface area contributed by atoms with Crippen LogP contribution in [0.25, 0.3) is 0 Å². The van der Waals surface area contributed by atoms with E-state index in [2.05, 4.69) is 41.3 Å². The summed E-state index contributed by atoms with van der Waals surface area (Å²) in [7, 11) is 1.62. The number of likely N-dealkylation sites (tertiary alicyclic amines) is 1. The molecule has 2 amide bonds. The quantitative estimate of drug-likeness (QED) is 0.334. The molecule has 4 rings (SSSR count). The molecule has 3 aromatic rings. The Bertz CT molecular complexity index is 1190. The van der Waals surface area contributed by atoms with Crippen molar-refractivity contribution in [1.29, 1.82) is 0 Å². The van der Waals surface area contributed by atoms with E-state index in [0.29, 0.717) is 32.5 Å². The molecule has 2 heterocycles. The maximum Gasteiger partial charge on any atom is 0.245 e. The molecule has 1 fully saturated rings. The van der Waals surface area contributed by atoms with Gasteiger partial charge in [0.15, 0.2) is 0 Å². The molecule has 1 atom stereocenters. The van der Waals surface area contributed by atoms with Crippen molar-refractivity contribution in [3.63, 3.8) is 0 Å². The molecule has 0 unspecified atom stereocenters. The summed E-state index contributed by atoms with van der Waals surface area (Å²) in [6, 6.07) is 15.1. The standard InChI is InChI=1S/C30H38N4O4/c1-4-5-16-38-30(26-9-7-6-8-22(26)2)19-34(20-30)29(36)27(17-23-10-13-25(37-3)14-11-23)33-28(35)15-12-24-18-31-21-32-24/h6-11,13-14,18,21,27H,4-5,12,15-17,19-20H2,1-3H3,(H,31,32)(H,33,35)/t27-/m0/s1. The number of aryl methyl sites for hydroxylation is 2. The summed E-state index contributed by atoms with van der Waals surface area (Å²) < 4.78 is 11.7. The smallest absolute Gasteiger partial charge is 0.245 e.